The highest BCUT2D eigenvalue weighted by Gasteiger charge is 2.17. The first-order chi connectivity index (χ1) is 9.90. The number of nitrogens with zero attached hydrogens (tertiary/aromatic N) is 2. The molecule has 0 amide bonds. The molecule has 0 fully saturated rings. The minimum Gasteiger partial charge on any atom is -0.325 e. The van der Waals surface area contributed by atoms with E-state index in [-0.39, 0.29) is 6.04 Å². The number of hydrogen-bond donors (Lipinski definition) is 1. The van der Waals surface area contributed by atoms with Crippen molar-refractivity contribution in [2.24, 2.45) is 5.73 Å². The van der Waals surface area contributed by atoms with E-state index in [0.29, 0.717) is 6.54 Å². The third-order valence-corrected chi connectivity index (χ3v) is 3.46. The van der Waals surface area contributed by atoms with Gasteiger partial charge in [0.2, 0.25) is 0 Å². The Hall–Kier alpha value is -2.39. The van der Waals surface area contributed by atoms with E-state index in [1.165, 1.54) is 11.1 Å². The zero-order chi connectivity index (χ0) is 13.8. The third-order valence-electron chi connectivity index (χ3n) is 3.46. The molecule has 20 heavy (non-hydrogen) atoms. The third kappa shape index (κ3) is 2.36. The molecule has 0 saturated carbocycles. The number of hydrogen-bond acceptors (Lipinski definition) is 2. The summed E-state index contributed by atoms with van der Waals surface area (Å²) in [6, 6.07) is 21.0. The standard InChI is InChI=1S/C17H17N3/c18-11-16-12-19-13-20(16)17(14-7-3-1-4-8-14)15-9-5-2-6-10-15/h1-10,12-13,17H,11,18H2. The van der Waals surface area contributed by atoms with Gasteiger partial charge >= 0.3 is 0 Å². The number of imidazole rings is 1. The van der Waals surface area contributed by atoms with E-state index >= 15 is 0 Å². The molecule has 0 radical (unpaired) electrons. The van der Waals surface area contributed by atoms with Gasteiger partial charge < -0.3 is 10.3 Å². The largest absolute Gasteiger partial charge is 0.325 e. The van der Waals surface area contributed by atoms with Gasteiger partial charge in [-0.2, -0.15) is 0 Å². The molecule has 0 saturated heterocycles. The van der Waals surface area contributed by atoms with Gasteiger partial charge in [-0.05, 0) is 11.1 Å². The van der Waals surface area contributed by atoms with Gasteiger partial charge in [-0.1, -0.05) is 60.7 Å². The monoisotopic (exact) mass is 263 g/mol. The van der Waals surface area contributed by atoms with Crippen molar-refractivity contribution >= 4 is 0 Å². The Morgan fingerprint density at radius 1 is 0.900 bits per heavy atom. The van der Waals surface area contributed by atoms with Crippen LogP contribution < -0.4 is 5.73 Å². The smallest absolute Gasteiger partial charge is 0.0957 e. The molecule has 1 heterocycles. The Morgan fingerprint density at radius 3 is 1.95 bits per heavy atom. The molecule has 3 nitrogen and oxygen atoms in total. The maximum atomic E-state index is 5.83. The summed E-state index contributed by atoms with van der Waals surface area (Å²) in [6.45, 7) is 0.482. The predicted molar refractivity (Wildman–Crippen MR) is 80.2 cm³/mol. The predicted octanol–water partition coefficient (Wildman–Crippen LogP) is 2.98. The molecule has 0 aliphatic rings. The summed E-state index contributed by atoms with van der Waals surface area (Å²) in [5, 5.41) is 0. The Kier molecular flexibility index (Phi) is 3.61. The van der Waals surface area contributed by atoms with Gasteiger partial charge in [-0.15, -0.1) is 0 Å². The van der Waals surface area contributed by atoms with Gasteiger partial charge in [0.1, 0.15) is 0 Å². The molecule has 100 valence electrons. The van der Waals surface area contributed by atoms with Crippen LogP contribution in [0.2, 0.25) is 0 Å². The Bertz CT molecular complexity index is 619. The van der Waals surface area contributed by atoms with Crippen LogP contribution in [0.4, 0.5) is 0 Å². The topological polar surface area (TPSA) is 43.8 Å². The summed E-state index contributed by atoms with van der Waals surface area (Å²) in [7, 11) is 0. The zero-order valence-electron chi connectivity index (χ0n) is 11.2. The lowest BCUT2D eigenvalue weighted by Crippen LogP contribution is -2.15. The van der Waals surface area contributed by atoms with Crippen LogP contribution in [0.15, 0.2) is 73.2 Å². The molecule has 0 aliphatic carbocycles. The normalized spacial score (nSPS) is 10.9. The molecule has 1 aromatic heterocycles. The molecule has 3 aromatic rings. The summed E-state index contributed by atoms with van der Waals surface area (Å²) >= 11 is 0. The second-order valence-corrected chi connectivity index (χ2v) is 4.72. The quantitative estimate of drug-likeness (QED) is 0.786. The number of aromatic nitrogens is 2. The summed E-state index contributed by atoms with van der Waals surface area (Å²) in [4.78, 5) is 4.25. The van der Waals surface area contributed by atoms with E-state index in [0.717, 1.165) is 5.69 Å². The van der Waals surface area contributed by atoms with Gasteiger partial charge in [0.15, 0.2) is 0 Å². The SMILES string of the molecule is NCc1cncn1C(c1ccccc1)c1ccccc1. The van der Waals surface area contributed by atoms with Crippen molar-refractivity contribution in [3.8, 4) is 0 Å². The van der Waals surface area contributed by atoms with Crippen LogP contribution in [-0.2, 0) is 6.54 Å². The lowest BCUT2D eigenvalue weighted by atomic mass is 9.98. The zero-order valence-corrected chi connectivity index (χ0v) is 11.2. The molecule has 0 atom stereocenters. The first-order valence-corrected chi connectivity index (χ1v) is 6.71. The number of nitrogens with two attached hydrogens (primary N) is 1. The van der Waals surface area contributed by atoms with E-state index in [1.807, 2.05) is 24.7 Å². The fourth-order valence-corrected chi connectivity index (χ4v) is 2.51. The van der Waals surface area contributed by atoms with Gasteiger partial charge in [-0.3, -0.25) is 0 Å². The molecular weight excluding hydrogens is 246 g/mol. The van der Waals surface area contributed by atoms with Crippen LogP contribution in [0.3, 0.4) is 0 Å². The number of benzene rings is 2. The van der Waals surface area contributed by atoms with Crippen molar-refractivity contribution in [2.45, 2.75) is 12.6 Å². The fourth-order valence-electron chi connectivity index (χ4n) is 2.51. The van der Waals surface area contributed by atoms with Crippen molar-refractivity contribution < 1.29 is 0 Å². The van der Waals surface area contributed by atoms with Gasteiger partial charge in [0.25, 0.3) is 0 Å². The van der Waals surface area contributed by atoms with Crippen molar-refractivity contribution in [3.63, 3.8) is 0 Å². The summed E-state index contributed by atoms with van der Waals surface area (Å²) in [6.07, 6.45) is 3.69. The highest BCUT2D eigenvalue weighted by atomic mass is 15.1. The fraction of sp³-hybridized carbons (Fsp3) is 0.118. The van der Waals surface area contributed by atoms with Gasteiger partial charge in [-0.25, -0.2) is 4.98 Å². The molecule has 3 rings (SSSR count). The summed E-state index contributed by atoms with van der Waals surface area (Å²) in [5.74, 6) is 0. The Balaban J connectivity index is 2.14. The van der Waals surface area contributed by atoms with Crippen LogP contribution in [0.1, 0.15) is 22.9 Å². The van der Waals surface area contributed by atoms with Gasteiger partial charge in [0, 0.05) is 12.7 Å². The molecule has 2 aromatic carbocycles. The highest BCUT2D eigenvalue weighted by molar-refractivity contribution is 5.33. The maximum absolute atomic E-state index is 5.83. The minimum absolute atomic E-state index is 0.110. The second-order valence-electron chi connectivity index (χ2n) is 4.72. The van der Waals surface area contributed by atoms with Crippen LogP contribution in [0, 0.1) is 0 Å². The molecule has 2 N–H and O–H groups in total. The first-order valence-electron chi connectivity index (χ1n) is 6.71. The van der Waals surface area contributed by atoms with Crippen molar-refractivity contribution in [1.29, 1.82) is 0 Å². The average molecular weight is 263 g/mol. The number of rotatable bonds is 4. The van der Waals surface area contributed by atoms with Crippen molar-refractivity contribution in [1.82, 2.24) is 9.55 Å². The van der Waals surface area contributed by atoms with Crippen LogP contribution in [0.25, 0.3) is 0 Å². The molecular formula is C17H17N3. The van der Waals surface area contributed by atoms with E-state index in [4.69, 9.17) is 5.73 Å². The lowest BCUT2D eigenvalue weighted by Gasteiger charge is -2.21. The lowest BCUT2D eigenvalue weighted by molar-refractivity contribution is 0.642. The minimum atomic E-state index is 0.110. The Morgan fingerprint density at radius 2 is 1.45 bits per heavy atom. The molecule has 0 spiro atoms. The Labute approximate surface area is 118 Å². The van der Waals surface area contributed by atoms with Crippen molar-refractivity contribution in [2.75, 3.05) is 0 Å². The molecule has 3 heteroatoms. The van der Waals surface area contributed by atoms with Crippen LogP contribution in [0.5, 0.6) is 0 Å². The highest BCUT2D eigenvalue weighted by Crippen LogP contribution is 2.27. The summed E-state index contributed by atoms with van der Waals surface area (Å²) in [5.41, 5.74) is 9.31. The molecule has 0 aliphatic heterocycles. The van der Waals surface area contributed by atoms with E-state index in [9.17, 15) is 0 Å². The van der Waals surface area contributed by atoms with Crippen molar-refractivity contribution in [3.05, 3.63) is 90.0 Å². The van der Waals surface area contributed by atoms with Crippen LogP contribution >= 0.6 is 0 Å². The maximum Gasteiger partial charge on any atom is 0.0957 e. The van der Waals surface area contributed by atoms with E-state index < -0.39 is 0 Å². The first kappa shape index (κ1) is 12.6. The van der Waals surface area contributed by atoms with E-state index in [2.05, 4.69) is 58.1 Å². The molecule has 0 bridgehead atoms. The second kappa shape index (κ2) is 5.72. The van der Waals surface area contributed by atoms with Gasteiger partial charge in [0.05, 0.1) is 18.1 Å². The summed E-state index contributed by atoms with van der Waals surface area (Å²) < 4.78 is 2.14. The van der Waals surface area contributed by atoms with E-state index in [1.54, 1.807) is 0 Å². The average Bonchev–Trinajstić information content (AvgIpc) is 2.98. The van der Waals surface area contributed by atoms with Crippen LogP contribution in [-0.4, -0.2) is 9.55 Å². The molecule has 0 unspecified atom stereocenters.